The van der Waals surface area contributed by atoms with E-state index in [1.54, 1.807) is 10.9 Å². The van der Waals surface area contributed by atoms with Crippen molar-refractivity contribution in [2.75, 3.05) is 5.32 Å². The summed E-state index contributed by atoms with van der Waals surface area (Å²) in [5.74, 6) is 1.26. The van der Waals surface area contributed by atoms with Crippen molar-refractivity contribution in [3.63, 3.8) is 0 Å². The fourth-order valence-corrected chi connectivity index (χ4v) is 1.90. The van der Waals surface area contributed by atoms with E-state index in [-0.39, 0.29) is 0 Å². The number of nitrogens with one attached hydrogen (secondary N) is 1. The van der Waals surface area contributed by atoms with Crippen LogP contribution in [0, 0.1) is 0 Å². The first-order chi connectivity index (χ1) is 9.79. The standard InChI is InChI=1S/C14H15N5O/c1-19-10-12(8-16-19)15-9-14-17-13(18-20-14)7-11-5-3-2-4-6-11/h2-6,8,10,15H,7,9H2,1H3. The zero-order valence-corrected chi connectivity index (χ0v) is 11.2. The van der Waals surface area contributed by atoms with Crippen LogP contribution in [0.25, 0.3) is 0 Å². The first-order valence-corrected chi connectivity index (χ1v) is 6.37. The Kier molecular flexibility index (Phi) is 3.45. The van der Waals surface area contributed by atoms with E-state index >= 15 is 0 Å². The summed E-state index contributed by atoms with van der Waals surface area (Å²) < 4.78 is 6.95. The smallest absolute Gasteiger partial charge is 0.245 e. The molecule has 2 aromatic heterocycles. The van der Waals surface area contributed by atoms with Crippen molar-refractivity contribution >= 4 is 5.69 Å². The minimum Gasteiger partial charge on any atom is -0.374 e. The van der Waals surface area contributed by atoms with E-state index in [1.165, 1.54) is 5.56 Å². The van der Waals surface area contributed by atoms with Crippen LogP contribution in [0.15, 0.2) is 47.2 Å². The van der Waals surface area contributed by atoms with E-state index in [0.717, 1.165) is 5.69 Å². The Hall–Kier alpha value is -2.63. The van der Waals surface area contributed by atoms with E-state index in [9.17, 15) is 0 Å². The van der Waals surface area contributed by atoms with Crippen LogP contribution >= 0.6 is 0 Å². The first-order valence-electron chi connectivity index (χ1n) is 6.37. The minimum atomic E-state index is 0.494. The number of aryl methyl sites for hydroxylation is 1. The topological polar surface area (TPSA) is 68.8 Å². The fourth-order valence-electron chi connectivity index (χ4n) is 1.90. The molecule has 0 spiro atoms. The molecule has 6 nitrogen and oxygen atoms in total. The highest BCUT2D eigenvalue weighted by Gasteiger charge is 2.07. The highest BCUT2D eigenvalue weighted by molar-refractivity contribution is 5.37. The van der Waals surface area contributed by atoms with E-state index in [0.29, 0.717) is 24.7 Å². The summed E-state index contributed by atoms with van der Waals surface area (Å²) in [4.78, 5) is 4.36. The van der Waals surface area contributed by atoms with Gasteiger partial charge in [0.25, 0.3) is 0 Å². The quantitative estimate of drug-likeness (QED) is 0.767. The van der Waals surface area contributed by atoms with Crippen molar-refractivity contribution in [2.24, 2.45) is 7.05 Å². The lowest BCUT2D eigenvalue weighted by Crippen LogP contribution is -1.99. The van der Waals surface area contributed by atoms with Crippen LogP contribution in [0.5, 0.6) is 0 Å². The molecule has 0 amide bonds. The molecule has 3 rings (SSSR count). The molecule has 6 heteroatoms. The third kappa shape index (κ3) is 3.03. The van der Waals surface area contributed by atoms with Gasteiger partial charge in [-0.05, 0) is 5.56 Å². The van der Waals surface area contributed by atoms with Crippen LogP contribution in [0.3, 0.4) is 0 Å². The van der Waals surface area contributed by atoms with Gasteiger partial charge in [0.15, 0.2) is 5.82 Å². The zero-order valence-electron chi connectivity index (χ0n) is 11.2. The van der Waals surface area contributed by atoms with E-state index < -0.39 is 0 Å². The van der Waals surface area contributed by atoms with Gasteiger partial charge in [-0.2, -0.15) is 10.1 Å². The number of aromatic nitrogens is 4. The van der Waals surface area contributed by atoms with Gasteiger partial charge in [-0.3, -0.25) is 4.68 Å². The van der Waals surface area contributed by atoms with E-state index in [2.05, 4.69) is 20.6 Å². The normalized spacial score (nSPS) is 10.7. The third-order valence-electron chi connectivity index (χ3n) is 2.86. The molecule has 0 fully saturated rings. The summed E-state index contributed by atoms with van der Waals surface area (Å²) in [5, 5.41) is 11.2. The van der Waals surface area contributed by atoms with Crippen LogP contribution in [0.4, 0.5) is 5.69 Å². The van der Waals surface area contributed by atoms with Gasteiger partial charge < -0.3 is 9.84 Å². The highest BCUT2D eigenvalue weighted by Crippen LogP contribution is 2.09. The summed E-state index contributed by atoms with van der Waals surface area (Å²) in [6, 6.07) is 10.1. The predicted octanol–water partition coefficient (Wildman–Crippen LogP) is 2.01. The molecule has 102 valence electrons. The SMILES string of the molecule is Cn1cc(NCc2nc(Cc3ccccc3)no2)cn1. The Bertz CT molecular complexity index is 674. The number of hydrogen-bond acceptors (Lipinski definition) is 5. The van der Waals surface area contributed by atoms with Gasteiger partial charge in [-0.25, -0.2) is 0 Å². The molecule has 20 heavy (non-hydrogen) atoms. The molecular weight excluding hydrogens is 254 g/mol. The van der Waals surface area contributed by atoms with E-state index in [4.69, 9.17) is 4.52 Å². The molecule has 1 aromatic carbocycles. The van der Waals surface area contributed by atoms with Crippen LogP contribution in [-0.4, -0.2) is 19.9 Å². The second-order valence-electron chi connectivity index (χ2n) is 4.52. The lowest BCUT2D eigenvalue weighted by atomic mass is 10.1. The highest BCUT2D eigenvalue weighted by atomic mass is 16.5. The van der Waals surface area contributed by atoms with Crippen molar-refractivity contribution in [2.45, 2.75) is 13.0 Å². The molecule has 3 aromatic rings. The predicted molar refractivity (Wildman–Crippen MR) is 74.1 cm³/mol. The second-order valence-corrected chi connectivity index (χ2v) is 4.52. The van der Waals surface area contributed by atoms with Crippen LogP contribution in [0.2, 0.25) is 0 Å². The van der Waals surface area contributed by atoms with Crippen molar-refractivity contribution in [3.8, 4) is 0 Å². The molecule has 0 saturated carbocycles. The maximum Gasteiger partial charge on any atom is 0.245 e. The van der Waals surface area contributed by atoms with Gasteiger partial charge in [0.2, 0.25) is 5.89 Å². The third-order valence-corrected chi connectivity index (χ3v) is 2.86. The van der Waals surface area contributed by atoms with Crippen molar-refractivity contribution in [1.29, 1.82) is 0 Å². The molecule has 0 bridgehead atoms. The Morgan fingerprint density at radius 1 is 1.25 bits per heavy atom. The van der Waals surface area contributed by atoms with Crippen molar-refractivity contribution in [3.05, 3.63) is 60.0 Å². The summed E-state index contributed by atoms with van der Waals surface area (Å²) in [6.45, 7) is 0.494. The van der Waals surface area contributed by atoms with Gasteiger partial charge in [0.1, 0.15) is 0 Å². The van der Waals surface area contributed by atoms with Gasteiger partial charge in [-0.1, -0.05) is 35.5 Å². The second kappa shape index (κ2) is 5.56. The Labute approximate surface area is 116 Å². The molecule has 0 saturated heterocycles. The largest absolute Gasteiger partial charge is 0.374 e. The van der Waals surface area contributed by atoms with Crippen LogP contribution in [0.1, 0.15) is 17.3 Å². The molecule has 0 radical (unpaired) electrons. The lowest BCUT2D eigenvalue weighted by Gasteiger charge is -1.97. The molecular formula is C14H15N5O. The Balaban J connectivity index is 1.59. The Morgan fingerprint density at radius 2 is 2.10 bits per heavy atom. The van der Waals surface area contributed by atoms with Crippen molar-refractivity contribution < 1.29 is 4.52 Å². The number of hydrogen-bond donors (Lipinski definition) is 1. The molecule has 0 unspecified atom stereocenters. The average molecular weight is 269 g/mol. The van der Waals surface area contributed by atoms with Crippen molar-refractivity contribution in [1.82, 2.24) is 19.9 Å². The van der Waals surface area contributed by atoms with Gasteiger partial charge in [-0.15, -0.1) is 0 Å². The monoisotopic (exact) mass is 269 g/mol. The van der Waals surface area contributed by atoms with E-state index in [1.807, 2.05) is 43.6 Å². The number of anilines is 1. The van der Waals surface area contributed by atoms with Crippen LogP contribution < -0.4 is 5.32 Å². The lowest BCUT2D eigenvalue weighted by molar-refractivity contribution is 0.378. The molecule has 0 aliphatic carbocycles. The minimum absolute atomic E-state index is 0.494. The molecule has 1 N–H and O–H groups in total. The maximum atomic E-state index is 5.21. The number of rotatable bonds is 5. The zero-order chi connectivity index (χ0) is 13.8. The Morgan fingerprint density at radius 3 is 2.85 bits per heavy atom. The molecule has 2 heterocycles. The molecule has 0 aliphatic rings. The molecule has 0 aliphatic heterocycles. The maximum absolute atomic E-state index is 5.21. The van der Waals surface area contributed by atoms with Gasteiger partial charge in [0, 0.05) is 19.7 Å². The summed E-state index contributed by atoms with van der Waals surface area (Å²) in [7, 11) is 1.87. The fraction of sp³-hybridized carbons (Fsp3) is 0.214. The summed E-state index contributed by atoms with van der Waals surface area (Å²) in [6.07, 6.45) is 4.32. The van der Waals surface area contributed by atoms with Gasteiger partial charge >= 0.3 is 0 Å². The first kappa shape index (κ1) is 12.4. The average Bonchev–Trinajstić information content (AvgIpc) is 3.07. The van der Waals surface area contributed by atoms with Crippen LogP contribution in [-0.2, 0) is 20.0 Å². The summed E-state index contributed by atoms with van der Waals surface area (Å²) in [5.41, 5.74) is 2.09. The number of nitrogens with zero attached hydrogens (tertiary/aromatic N) is 4. The number of benzene rings is 1. The van der Waals surface area contributed by atoms with Gasteiger partial charge in [0.05, 0.1) is 18.4 Å². The molecule has 0 atom stereocenters. The summed E-state index contributed by atoms with van der Waals surface area (Å²) >= 11 is 0.